The van der Waals surface area contributed by atoms with Crippen molar-refractivity contribution in [2.45, 2.75) is 105 Å². The van der Waals surface area contributed by atoms with Crippen molar-refractivity contribution in [1.29, 1.82) is 0 Å². The van der Waals surface area contributed by atoms with Gasteiger partial charge in [0.15, 0.2) is 0 Å². The van der Waals surface area contributed by atoms with Crippen LogP contribution in [0.15, 0.2) is 249 Å². The molecule has 9 aromatic carbocycles. The maximum atomic E-state index is 4.76. The van der Waals surface area contributed by atoms with Gasteiger partial charge < -0.3 is 29.1 Å². The van der Waals surface area contributed by atoms with E-state index in [2.05, 4.69) is 369 Å². The van der Waals surface area contributed by atoms with Crippen LogP contribution in [0.1, 0.15) is 6.92 Å². The Kier molecular flexibility index (Phi) is 25.5. The third kappa shape index (κ3) is 16.8. The Bertz CT molecular complexity index is 5760. The van der Waals surface area contributed by atoms with Gasteiger partial charge in [0.25, 0.3) is 0 Å². The summed E-state index contributed by atoms with van der Waals surface area (Å²) in [6.07, 6.45) is 8.21. The first kappa shape index (κ1) is 81.6. The van der Waals surface area contributed by atoms with Crippen LogP contribution in [0.25, 0.3) is 126 Å². The zero-order valence-corrected chi connectivity index (χ0v) is 78.2. The van der Waals surface area contributed by atoms with Gasteiger partial charge in [0.05, 0.1) is 40.4 Å². The van der Waals surface area contributed by atoms with E-state index in [4.69, 9.17) is 19.9 Å². The van der Waals surface area contributed by atoms with Crippen molar-refractivity contribution in [3.63, 3.8) is 0 Å². The van der Waals surface area contributed by atoms with E-state index in [1.54, 1.807) is 0 Å². The molecule has 17 rings (SSSR count). The van der Waals surface area contributed by atoms with Gasteiger partial charge in [0.2, 0.25) is 0 Å². The Morgan fingerprint density at radius 2 is 0.736 bits per heavy atom. The molecular weight excluding hydrogens is 2110 g/mol. The minimum atomic E-state index is -1.59. The van der Waals surface area contributed by atoms with Crippen LogP contribution >= 0.6 is 11.3 Å². The minimum Gasteiger partial charge on any atom is -0.381 e. The Morgan fingerprint density at radius 3 is 1.23 bits per heavy atom. The minimum absolute atomic E-state index is 0. The second kappa shape index (κ2) is 33.1. The fourth-order valence-corrected chi connectivity index (χ4v) is 22.2. The predicted octanol–water partition coefficient (Wildman–Crippen LogP) is 20.8. The Balaban J connectivity index is 0.000000150. The summed E-state index contributed by atoms with van der Waals surface area (Å²) in [6.45, 7) is 36.2. The van der Waals surface area contributed by atoms with Crippen LogP contribution in [0.3, 0.4) is 0 Å². The standard InChI is InChI=1S/C26H23N2Si.C22H23N2Si.C22H24NSi2.C20H18NSSi.4Ir/c1-29(2,3)21-14-15-24(27-18-21)19-13-16-26-23(17-19)22-11-7-8-12-25(22)28(26)20-9-5-4-6-10-20;1-5-24-21-9-7-6-8-18(21)19-14-16(10-13-22(19)24)20-12-11-17(15-23-20)25(2,3)4;1-24(2,3)17-11-12-20(23-15-17)16-10-13-22-19(14-16)18-8-6-7-9-21(18)25(22,4)5;1-23(2,3)15-9-10-18(21-13-15)14-8-11-20-17(12-14)16-6-4-5-7-19(16)22-20;;;;/h4-12,14-18H,1-3H3;6-9,11-15H,5H2,1-4H3;6-9,11-15H,1-5H3;4-7,9-13H,1-3H3;;;;/q4*-1;;;;. The normalized spacial score (nSPS) is 12.3. The summed E-state index contributed by atoms with van der Waals surface area (Å²) in [4.78, 5) is 18.9. The van der Waals surface area contributed by atoms with E-state index in [0.29, 0.717) is 0 Å². The first-order valence-electron chi connectivity index (χ1n) is 35.6. The van der Waals surface area contributed by atoms with E-state index < -0.39 is 40.4 Å². The van der Waals surface area contributed by atoms with Gasteiger partial charge in [-0.3, -0.25) is 0 Å². The number of rotatable bonds is 10. The number of fused-ring (bicyclic) bond motifs is 12. The molecule has 0 saturated carbocycles. The molecule has 16 aromatic rings. The van der Waals surface area contributed by atoms with Crippen molar-refractivity contribution in [1.82, 2.24) is 29.1 Å². The molecule has 8 heterocycles. The van der Waals surface area contributed by atoms with Crippen LogP contribution in [0, 0.1) is 24.3 Å². The molecule has 544 valence electrons. The van der Waals surface area contributed by atoms with Crippen molar-refractivity contribution < 1.29 is 80.4 Å². The summed E-state index contributed by atoms with van der Waals surface area (Å²) in [5.41, 5.74) is 17.1. The number of para-hydroxylation sites is 3. The van der Waals surface area contributed by atoms with Gasteiger partial charge in [-0.05, 0) is 118 Å². The monoisotopic (exact) mass is 2200 g/mol. The van der Waals surface area contributed by atoms with E-state index in [1.165, 1.54) is 106 Å². The second-order valence-corrected chi connectivity index (χ2v) is 57.3. The summed E-state index contributed by atoms with van der Waals surface area (Å²) in [5, 5.41) is 16.3. The molecule has 1 aliphatic rings. The van der Waals surface area contributed by atoms with Crippen LogP contribution in [0.2, 0.25) is 91.7 Å². The van der Waals surface area contributed by atoms with Crippen molar-refractivity contribution >= 4 is 147 Å². The van der Waals surface area contributed by atoms with E-state index in [-0.39, 0.29) is 80.4 Å². The smallest absolute Gasteiger partial charge is 0.0795 e. The number of hydrogen-bond acceptors (Lipinski definition) is 5. The van der Waals surface area contributed by atoms with Crippen LogP contribution in [0.5, 0.6) is 0 Å². The number of aromatic nitrogens is 6. The zero-order valence-electron chi connectivity index (χ0n) is 62.8. The van der Waals surface area contributed by atoms with Crippen molar-refractivity contribution in [3.05, 3.63) is 274 Å². The number of nitrogens with zero attached hydrogens (tertiary/aromatic N) is 6. The van der Waals surface area contributed by atoms with Gasteiger partial charge in [-0.2, -0.15) is 11.3 Å². The third-order valence-corrected chi connectivity index (χ3v) is 32.9. The molecular formula is C90H88Ir4N6SSi5-4. The first-order valence-corrected chi connectivity index (χ1v) is 53.4. The van der Waals surface area contributed by atoms with E-state index in [9.17, 15) is 0 Å². The number of hydrogen-bond donors (Lipinski definition) is 0. The van der Waals surface area contributed by atoms with E-state index >= 15 is 0 Å². The first-order chi connectivity index (χ1) is 48.8. The van der Waals surface area contributed by atoms with Crippen LogP contribution in [0.4, 0.5) is 0 Å². The molecule has 0 unspecified atom stereocenters. The molecule has 0 saturated heterocycles. The van der Waals surface area contributed by atoms with Crippen molar-refractivity contribution in [2.24, 2.45) is 0 Å². The van der Waals surface area contributed by atoms with Gasteiger partial charge in [-0.15, -0.1) is 100 Å². The van der Waals surface area contributed by atoms with Crippen LogP contribution in [-0.4, -0.2) is 69.4 Å². The molecule has 6 nitrogen and oxygen atoms in total. The number of benzene rings is 9. The predicted molar refractivity (Wildman–Crippen MR) is 454 cm³/mol. The third-order valence-electron chi connectivity index (χ3n) is 20.1. The second-order valence-electron chi connectivity index (χ2n) is 31.5. The van der Waals surface area contributed by atoms with Gasteiger partial charge in [-0.25, -0.2) is 0 Å². The molecule has 0 atom stereocenters. The molecule has 0 N–H and O–H groups in total. The SMILES string of the molecule is CCn1c2c[c-]c(-c3ccc([Si](C)(C)C)cn3)cc2c2ccccc21.C[Si](C)(C)c1ccc(-c2[c-]cc3c(c2)-c2ccccc2[Si]3(C)C)nc1.C[Si](C)(C)c1ccc(-c2[c-]cc3c(c2)c2ccccc2n3-c2ccccc2)nc1.C[Si](C)(C)c1ccc(-c2[c-]cc3sc4ccccc4c3c2)nc1.[Ir].[Ir].[Ir].[Ir]. The van der Waals surface area contributed by atoms with E-state index in [1.807, 2.05) is 23.7 Å². The molecule has 1 aliphatic heterocycles. The molecule has 0 fully saturated rings. The zero-order chi connectivity index (χ0) is 71.5. The topological polar surface area (TPSA) is 61.4 Å². The van der Waals surface area contributed by atoms with Crippen molar-refractivity contribution in [2.75, 3.05) is 0 Å². The maximum Gasteiger partial charge on any atom is 0.0795 e. The maximum absolute atomic E-state index is 4.76. The molecule has 0 bridgehead atoms. The average molecular weight is 2200 g/mol. The molecule has 16 heteroatoms. The molecule has 0 spiro atoms. The molecule has 4 radical (unpaired) electrons. The molecule has 106 heavy (non-hydrogen) atoms. The number of thiophene rings is 1. The Morgan fingerprint density at radius 1 is 0.340 bits per heavy atom. The summed E-state index contributed by atoms with van der Waals surface area (Å²) < 4.78 is 7.28. The van der Waals surface area contributed by atoms with Crippen molar-refractivity contribution in [3.8, 4) is 61.8 Å². The molecule has 7 aromatic heterocycles. The van der Waals surface area contributed by atoms with E-state index in [0.717, 1.165) is 57.3 Å². The summed E-state index contributed by atoms with van der Waals surface area (Å²) in [7, 11) is -6.85. The Hall–Kier alpha value is -6.92. The number of pyridine rings is 4. The molecule has 0 aliphatic carbocycles. The molecule has 0 amide bonds. The summed E-state index contributed by atoms with van der Waals surface area (Å²) >= 11 is 1.83. The van der Waals surface area contributed by atoms with Crippen LogP contribution < -0.4 is 31.1 Å². The largest absolute Gasteiger partial charge is 0.381 e. The van der Waals surface area contributed by atoms with Gasteiger partial charge in [-0.1, -0.05) is 264 Å². The van der Waals surface area contributed by atoms with Crippen LogP contribution in [-0.2, 0) is 87.0 Å². The Labute approximate surface area is 689 Å². The van der Waals surface area contributed by atoms with Gasteiger partial charge in [0.1, 0.15) is 0 Å². The average Bonchev–Trinajstić information content (AvgIpc) is 1.59. The van der Waals surface area contributed by atoms with Gasteiger partial charge >= 0.3 is 0 Å². The van der Waals surface area contributed by atoms with Gasteiger partial charge in [0, 0.05) is 133 Å². The summed E-state index contributed by atoms with van der Waals surface area (Å²) in [5.74, 6) is 0. The number of aryl methyl sites for hydroxylation is 1. The quantitative estimate of drug-likeness (QED) is 0.101. The fourth-order valence-electron chi connectivity index (χ4n) is 14.0. The fraction of sp³-hybridized carbons (Fsp3) is 0.178. The summed E-state index contributed by atoms with van der Waals surface area (Å²) in [6, 6.07) is 94.1.